The molecule has 0 atom stereocenters. The van der Waals surface area contributed by atoms with Crippen molar-refractivity contribution in [3.05, 3.63) is 54.9 Å². The quantitative estimate of drug-likeness (QED) is 0.670. The van der Waals surface area contributed by atoms with Gasteiger partial charge in [-0.15, -0.1) is 6.42 Å². The lowest BCUT2D eigenvalue weighted by Crippen LogP contribution is -2.36. The van der Waals surface area contributed by atoms with Crippen molar-refractivity contribution in [2.24, 2.45) is 0 Å². The van der Waals surface area contributed by atoms with E-state index in [9.17, 15) is 0 Å². The van der Waals surface area contributed by atoms with Crippen LogP contribution in [0.4, 0.5) is 17.3 Å². The van der Waals surface area contributed by atoms with Crippen molar-refractivity contribution in [1.29, 1.82) is 0 Å². The molecule has 0 radical (unpaired) electrons. The number of anilines is 3. The summed E-state index contributed by atoms with van der Waals surface area (Å²) >= 11 is 0. The smallest absolute Gasteiger partial charge is 0.150 e. The highest BCUT2D eigenvalue weighted by atomic mass is 15.1. The predicted octanol–water partition coefficient (Wildman–Crippen LogP) is 2.89. The van der Waals surface area contributed by atoms with Crippen molar-refractivity contribution in [2.45, 2.75) is 18.9 Å². The molecule has 1 fully saturated rings. The van der Waals surface area contributed by atoms with Crippen LogP contribution >= 0.6 is 0 Å². The van der Waals surface area contributed by atoms with Gasteiger partial charge < -0.3 is 20.1 Å². The summed E-state index contributed by atoms with van der Waals surface area (Å²) in [7, 11) is 2.17. The van der Waals surface area contributed by atoms with Crippen LogP contribution in [0, 0.1) is 12.3 Å². The first-order valence-electron chi connectivity index (χ1n) is 9.35. The van der Waals surface area contributed by atoms with Gasteiger partial charge in [-0.3, -0.25) is 0 Å². The Morgan fingerprint density at radius 1 is 1.04 bits per heavy atom. The Hall–Kier alpha value is -3.37. The third-order valence-electron chi connectivity index (χ3n) is 4.90. The summed E-state index contributed by atoms with van der Waals surface area (Å²) in [5.41, 5.74) is 2.56. The lowest BCUT2D eigenvalue weighted by atomic mass is 10.1. The molecule has 4 heterocycles. The highest BCUT2D eigenvalue weighted by Crippen LogP contribution is 2.26. The molecule has 0 aliphatic carbocycles. The summed E-state index contributed by atoms with van der Waals surface area (Å²) in [4.78, 5) is 15.4. The van der Waals surface area contributed by atoms with E-state index in [1.54, 1.807) is 12.4 Å². The fourth-order valence-electron chi connectivity index (χ4n) is 3.30. The van der Waals surface area contributed by atoms with Crippen LogP contribution in [0.3, 0.4) is 0 Å². The summed E-state index contributed by atoms with van der Waals surface area (Å²) in [5, 5.41) is 6.91. The third-order valence-corrected chi connectivity index (χ3v) is 4.90. The van der Waals surface area contributed by atoms with Gasteiger partial charge >= 0.3 is 0 Å². The summed E-state index contributed by atoms with van der Waals surface area (Å²) in [6.07, 6.45) is 16.7. The van der Waals surface area contributed by atoms with E-state index in [0.717, 1.165) is 37.3 Å². The van der Waals surface area contributed by atoms with E-state index >= 15 is 0 Å². The monoisotopic (exact) mass is 373 g/mol. The summed E-state index contributed by atoms with van der Waals surface area (Å²) < 4.78 is 2.07. The molecular formula is C21H23N7. The number of hydrogen-bond donors (Lipinski definition) is 2. The van der Waals surface area contributed by atoms with Crippen molar-refractivity contribution < 1.29 is 0 Å². The molecule has 2 N–H and O–H groups in total. The van der Waals surface area contributed by atoms with E-state index in [-0.39, 0.29) is 0 Å². The van der Waals surface area contributed by atoms with Gasteiger partial charge in [-0.2, -0.15) is 0 Å². The maximum absolute atomic E-state index is 5.33. The van der Waals surface area contributed by atoms with Crippen molar-refractivity contribution in [1.82, 2.24) is 24.4 Å². The molecule has 0 aromatic carbocycles. The number of likely N-dealkylation sites (tertiary alicyclic amines) is 1. The minimum absolute atomic E-state index is 0.440. The van der Waals surface area contributed by atoms with Crippen LogP contribution in [-0.4, -0.2) is 50.6 Å². The molecule has 0 unspecified atom stereocenters. The summed E-state index contributed by atoms with van der Waals surface area (Å²) in [5.74, 6) is 3.77. The summed E-state index contributed by atoms with van der Waals surface area (Å²) in [6, 6.07) is 6.47. The van der Waals surface area contributed by atoms with E-state index in [0.29, 0.717) is 23.4 Å². The maximum atomic E-state index is 5.33. The minimum atomic E-state index is 0.440. The van der Waals surface area contributed by atoms with Crippen LogP contribution in [-0.2, 0) is 0 Å². The third kappa shape index (κ3) is 4.13. The molecule has 3 aromatic rings. The lowest BCUT2D eigenvalue weighted by Gasteiger charge is -2.30. The van der Waals surface area contributed by atoms with E-state index in [1.807, 2.05) is 36.8 Å². The molecule has 0 spiro atoms. The normalized spacial score (nSPS) is 15.1. The van der Waals surface area contributed by atoms with Crippen molar-refractivity contribution in [2.75, 3.05) is 30.8 Å². The van der Waals surface area contributed by atoms with Crippen LogP contribution < -0.4 is 10.6 Å². The van der Waals surface area contributed by atoms with Gasteiger partial charge in [0.15, 0.2) is 0 Å². The molecule has 7 heteroatoms. The standard InChI is InChI=1S/C21H23N7/c1-3-16-13-23-21(15-22-16)26-20-12-18(25-17-6-10-27(2)11-7-17)19(14-24-20)28-8-4-5-9-28/h1,4-5,8-9,12-15,17H,6-7,10-11H2,2H3,(H2,23,24,25,26). The van der Waals surface area contributed by atoms with E-state index in [1.165, 1.54) is 0 Å². The van der Waals surface area contributed by atoms with E-state index in [2.05, 4.69) is 48.0 Å². The molecule has 1 saturated heterocycles. The first kappa shape index (κ1) is 18.0. The van der Waals surface area contributed by atoms with Crippen LogP contribution in [0.15, 0.2) is 49.2 Å². The average Bonchev–Trinajstić information content (AvgIpc) is 3.25. The largest absolute Gasteiger partial charge is 0.380 e. The van der Waals surface area contributed by atoms with Gasteiger partial charge in [0, 0.05) is 24.5 Å². The number of rotatable bonds is 5. The number of pyridine rings is 1. The van der Waals surface area contributed by atoms with Crippen LogP contribution in [0.25, 0.3) is 5.69 Å². The molecule has 1 aliphatic heterocycles. The Balaban J connectivity index is 1.59. The lowest BCUT2D eigenvalue weighted by molar-refractivity contribution is 0.264. The molecule has 7 nitrogen and oxygen atoms in total. The van der Waals surface area contributed by atoms with Gasteiger partial charge in [0.2, 0.25) is 0 Å². The van der Waals surface area contributed by atoms with Gasteiger partial charge in [0.05, 0.1) is 30.0 Å². The Morgan fingerprint density at radius 3 is 2.46 bits per heavy atom. The van der Waals surface area contributed by atoms with E-state index in [4.69, 9.17) is 6.42 Å². The predicted molar refractivity (Wildman–Crippen MR) is 111 cm³/mol. The second-order valence-electron chi connectivity index (χ2n) is 6.96. The second-order valence-corrected chi connectivity index (χ2v) is 6.96. The number of hydrogen-bond acceptors (Lipinski definition) is 6. The molecule has 3 aromatic heterocycles. The first-order chi connectivity index (χ1) is 13.7. The van der Waals surface area contributed by atoms with Crippen molar-refractivity contribution >= 4 is 17.3 Å². The Morgan fingerprint density at radius 2 is 1.79 bits per heavy atom. The van der Waals surface area contributed by atoms with Gasteiger partial charge in [-0.25, -0.2) is 15.0 Å². The number of piperidine rings is 1. The van der Waals surface area contributed by atoms with Gasteiger partial charge in [-0.05, 0) is 51.0 Å². The zero-order chi connectivity index (χ0) is 19.3. The Bertz CT molecular complexity index is 949. The zero-order valence-corrected chi connectivity index (χ0v) is 15.8. The Kier molecular flexibility index (Phi) is 5.22. The van der Waals surface area contributed by atoms with E-state index < -0.39 is 0 Å². The fraction of sp³-hybridized carbons (Fsp3) is 0.286. The van der Waals surface area contributed by atoms with Crippen LogP contribution in [0.1, 0.15) is 18.5 Å². The Labute approximate surface area is 164 Å². The molecule has 28 heavy (non-hydrogen) atoms. The molecule has 0 bridgehead atoms. The van der Waals surface area contributed by atoms with Gasteiger partial charge in [0.25, 0.3) is 0 Å². The summed E-state index contributed by atoms with van der Waals surface area (Å²) in [6.45, 7) is 2.20. The molecule has 142 valence electrons. The molecule has 0 amide bonds. The van der Waals surface area contributed by atoms with Crippen LogP contribution in [0.2, 0.25) is 0 Å². The highest BCUT2D eigenvalue weighted by Gasteiger charge is 2.18. The molecule has 4 rings (SSSR count). The number of nitrogens with zero attached hydrogens (tertiary/aromatic N) is 5. The topological polar surface area (TPSA) is 70.9 Å². The number of nitrogens with one attached hydrogen (secondary N) is 2. The van der Waals surface area contributed by atoms with Crippen molar-refractivity contribution in [3.63, 3.8) is 0 Å². The second kappa shape index (κ2) is 8.11. The first-order valence-corrected chi connectivity index (χ1v) is 9.35. The van der Waals surface area contributed by atoms with Crippen molar-refractivity contribution in [3.8, 4) is 18.0 Å². The molecule has 1 aliphatic rings. The number of aromatic nitrogens is 4. The molecule has 0 saturated carbocycles. The molecular weight excluding hydrogens is 350 g/mol. The SMILES string of the molecule is C#Cc1cnc(Nc2cc(NC3CCN(C)CC3)c(-n3cccc3)cn2)cn1. The van der Waals surface area contributed by atoms with Crippen LogP contribution in [0.5, 0.6) is 0 Å². The maximum Gasteiger partial charge on any atom is 0.150 e. The van der Waals surface area contributed by atoms with Gasteiger partial charge in [0.1, 0.15) is 17.3 Å². The zero-order valence-electron chi connectivity index (χ0n) is 15.8. The average molecular weight is 373 g/mol. The van der Waals surface area contributed by atoms with Gasteiger partial charge in [-0.1, -0.05) is 0 Å². The minimum Gasteiger partial charge on any atom is -0.380 e. The number of terminal acetylenes is 1. The highest BCUT2D eigenvalue weighted by molar-refractivity contribution is 5.67. The fourth-order valence-corrected chi connectivity index (χ4v) is 3.30.